The van der Waals surface area contributed by atoms with E-state index in [4.69, 9.17) is 21.1 Å². The van der Waals surface area contributed by atoms with E-state index in [-0.39, 0.29) is 11.8 Å². The van der Waals surface area contributed by atoms with E-state index in [9.17, 15) is 4.79 Å². The number of H-pyrrole nitrogens is 1. The summed E-state index contributed by atoms with van der Waals surface area (Å²) in [6.07, 6.45) is 9.93. The number of carbonyl (C=O) groups is 1. The molecule has 204 valence electrons. The predicted molar refractivity (Wildman–Crippen MR) is 159 cm³/mol. The molecule has 0 aliphatic carbocycles. The molecule has 10 heteroatoms. The van der Waals surface area contributed by atoms with Crippen molar-refractivity contribution in [1.82, 2.24) is 20.3 Å². The molecule has 0 fully saturated rings. The van der Waals surface area contributed by atoms with Gasteiger partial charge in [0.15, 0.2) is 5.75 Å². The molecule has 0 bridgehead atoms. The number of ether oxygens (including phenoxy) is 2. The van der Waals surface area contributed by atoms with Crippen LogP contribution in [0, 0.1) is 0 Å². The fourth-order valence-electron chi connectivity index (χ4n) is 4.32. The second-order valence-corrected chi connectivity index (χ2v) is 10.2. The monoisotopic (exact) mass is 565 g/mol. The van der Waals surface area contributed by atoms with E-state index in [1.165, 1.54) is 0 Å². The summed E-state index contributed by atoms with van der Waals surface area (Å²) in [4.78, 5) is 25.1. The maximum atomic E-state index is 12.9. The van der Waals surface area contributed by atoms with E-state index in [2.05, 4.69) is 32.5 Å². The van der Waals surface area contributed by atoms with E-state index in [1.54, 1.807) is 43.5 Å². The number of aromatic amines is 1. The molecule has 0 spiro atoms. The largest absolute Gasteiger partial charge is 0.493 e. The summed E-state index contributed by atoms with van der Waals surface area (Å²) in [6, 6.07) is 13.1. The molecule has 1 aliphatic rings. The number of nitrogens with zero attached hydrogens (tertiary/aromatic N) is 2. The lowest BCUT2D eigenvalue weighted by Gasteiger charge is -2.18. The van der Waals surface area contributed by atoms with Crippen molar-refractivity contribution in [3.05, 3.63) is 83.0 Å². The number of hydrogen-bond acceptors (Lipinski definition) is 7. The number of rotatable bonds is 8. The Morgan fingerprint density at radius 2 is 1.97 bits per heavy atom. The third kappa shape index (κ3) is 6.49. The SMILES string of the molecule is COc1c(Cl)cccc1Nc1c(-c2ccncc2OC[C@@H](C)c2ccccn2)[nH]c2c1C(=O)NCC2.CSC. The number of pyridine rings is 2. The molecule has 3 N–H and O–H groups in total. The zero-order valence-corrected chi connectivity index (χ0v) is 23.9. The summed E-state index contributed by atoms with van der Waals surface area (Å²) in [5.74, 6) is 1.02. The van der Waals surface area contributed by atoms with Gasteiger partial charge in [0, 0.05) is 48.2 Å². The molecule has 8 nitrogen and oxygen atoms in total. The van der Waals surface area contributed by atoms with E-state index in [0.717, 1.165) is 22.6 Å². The summed E-state index contributed by atoms with van der Waals surface area (Å²) in [6.45, 7) is 3.04. The standard InChI is InChI=1S/C27H26ClN5O3.C2H6S/c1-16(19-7-3-4-11-30-19)15-36-22-14-29-12-9-17(22)24-25(23-20(32-24)10-13-31-27(23)34)33-21-8-5-6-18(28)26(21)35-2;1-3-2/h3-9,11-12,14,16,32-33H,10,13,15H2,1-2H3,(H,31,34);1-2H3/t16-;/m1./s1. The number of hydrogen-bond donors (Lipinski definition) is 3. The van der Waals surface area contributed by atoms with E-state index < -0.39 is 0 Å². The fraction of sp³-hybridized carbons (Fsp3) is 0.276. The first-order valence-corrected chi connectivity index (χ1v) is 14.5. The zero-order chi connectivity index (χ0) is 27.8. The third-order valence-corrected chi connectivity index (χ3v) is 6.43. The van der Waals surface area contributed by atoms with Crippen LogP contribution < -0.4 is 20.1 Å². The predicted octanol–water partition coefficient (Wildman–Crippen LogP) is 6.32. The highest BCUT2D eigenvalue weighted by Gasteiger charge is 2.29. The molecule has 0 saturated heterocycles. The lowest BCUT2D eigenvalue weighted by Crippen LogP contribution is -2.31. The third-order valence-electron chi connectivity index (χ3n) is 6.13. The van der Waals surface area contributed by atoms with Crippen LogP contribution in [0.4, 0.5) is 11.4 Å². The van der Waals surface area contributed by atoms with Gasteiger partial charge in [-0.1, -0.05) is 30.7 Å². The Hall–Kier alpha value is -3.69. The van der Waals surface area contributed by atoms with Gasteiger partial charge in [-0.3, -0.25) is 14.8 Å². The molecule has 1 atom stereocenters. The van der Waals surface area contributed by atoms with Crippen LogP contribution in [0.5, 0.6) is 11.5 Å². The number of aromatic nitrogens is 3. The maximum Gasteiger partial charge on any atom is 0.255 e. The van der Waals surface area contributed by atoms with Crippen molar-refractivity contribution in [3.8, 4) is 22.8 Å². The van der Waals surface area contributed by atoms with Crippen LogP contribution in [0.1, 0.15) is 34.6 Å². The van der Waals surface area contributed by atoms with Crippen molar-refractivity contribution in [2.24, 2.45) is 0 Å². The van der Waals surface area contributed by atoms with Crippen molar-refractivity contribution in [3.63, 3.8) is 0 Å². The summed E-state index contributed by atoms with van der Waals surface area (Å²) < 4.78 is 11.8. The highest BCUT2D eigenvalue weighted by atomic mass is 35.5. The van der Waals surface area contributed by atoms with Gasteiger partial charge in [-0.05, 0) is 42.8 Å². The van der Waals surface area contributed by atoms with Gasteiger partial charge in [-0.2, -0.15) is 11.8 Å². The molecule has 3 aromatic heterocycles. The number of anilines is 2. The number of halogens is 1. The highest BCUT2D eigenvalue weighted by Crippen LogP contribution is 2.43. The van der Waals surface area contributed by atoms with Gasteiger partial charge in [-0.15, -0.1) is 0 Å². The molecular weight excluding hydrogens is 534 g/mol. The van der Waals surface area contributed by atoms with Crippen molar-refractivity contribution in [2.75, 3.05) is 38.1 Å². The molecular formula is C29H32ClN5O3S. The van der Waals surface area contributed by atoms with Crippen LogP contribution in [-0.4, -0.2) is 53.6 Å². The van der Waals surface area contributed by atoms with Crippen LogP contribution in [-0.2, 0) is 6.42 Å². The zero-order valence-electron chi connectivity index (χ0n) is 22.4. The van der Waals surface area contributed by atoms with Crippen LogP contribution in [0.2, 0.25) is 5.02 Å². The normalized spacial score (nSPS) is 12.9. The molecule has 1 amide bonds. The van der Waals surface area contributed by atoms with Crippen LogP contribution in [0.15, 0.2) is 61.1 Å². The van der Waals surface area contributed by atoms with Gasteiger partial charge in [0.1, 0.15) is 5.75 Å². The smallest absolute Gasteiger partial charge is 0.255 e. The van der Waals surface area contributed by atoms with Gasteiger partial charge in [-0.25, -0.2) is 0 Å². The Morgan fingerprint density at radius 3 is 2.72 bits per heavy atom. The first-order chi connectivity index (χ1) is 19.0. The van der Waals surface area contributed by atoms with Gasteiger partial charge in [0.25, 0.3) is 5.91 Å². The summed E-state index contributed by atoms with van der Waals surface area (Å²) in [5, 5.41) is 6.80. The average Bonchev–Trinajstić information content (AvgIpc) is 3.32. The number of methoxy groups -OCH3 is 1. The van der Waals surface area contributed by atoms with Gasteiger partial charge in [0.05, 0.1) is 47.6 Å². The molecule has 0 unspecified atom stereocenters. The Kier molecular flexibility index (Phi) is 9.73. The average molecular weight is 566 g/mol. The Morgan fingerprint density at radius 1 is 1.15 bits per heavy atom. The van der Waals surface area contributed by atoms with Crippen molar-refractivity contribution >= 4 is 40.6 Å². The minimum atomic E-state index is -0.150. The quantitative estimate of drug-likeness (QED) is 0.230. The van der Waals surface area contributed by atoms with E-state index in [0.29, 0.717) is 53.0 Å². The van der Waals surface area contributed by atoms with Crippen molar-refractivity contribution < 1.29 is 14.3 Å². The van der Waals surface area contributed by atoms with E-state index >= 15 is 0 Å². The lowest BCUT2D eigenvalue weighted by molar-refractivity contribution is 0.0947. The van der Waals surface area contributed by atoms with Crippen molar-refractivity contribution in [1.29, 1.82) is 0 Å². The van der Waals surface area contributed by atoms with Gasteiger partial charge >= 0.3 is 0 Å². The topological polar surface area (TPSA) is 101 Å². The Balaban J connectivity index is 0.00000112. The molecule has 1 aromatic carbocycles. The molecule has 4 aromatic rings. The number of nitrogens with one attached hydrogen (secondary N) is 3. The number of benzene rings is 1. The number of para-hydroxylation sites is 1. The Bertz CT molecular complexity index is 1410. The van der Waals surface area contributed by atoms with Crippen molar-refractivity contribution in [2.45, 2.75) is 19.3 Å². The second kappa shape index (κ2) is 13.4. The second-order valence-electron chi connectivity index (χ2n) is 8.93. The number of carbonyl (C=O) groups excluding carboxylic acids is 1. The van der Waals surface area contributed by atoms with Gasteiger partial charge < -0.3 is 25.1 Å². The number of amides is 1. The molecule has 39 heavy (non-hydrogen) atoms. The molecule has 1 aliphatic heterocycles. The molecule has 0 saturated carbocycles. The number of fused-ring (bicyclic) bond motifs is 1. The lowest BCUT2D eigenvalue weighted by atomic mass is 10.0. The molecule has 5 rings (SSSR count). The maximum absolute atomic E-state index is 12.9. The number of thioether (sulfide) groups is 1. The summed E-state index contributed by atoms with van der Waals surface area (Å²) >= 11 is 8.11. The highest BCUT2D eigenvalue weighted by molar-refractivity contribution is 7.97. The van der Waals surface area contributed by atoms with Crippen LogP contribution in [0.25, 0.3) is 11.3 Å². The van der Waals surface area contributed by atoms with E-state index in [1.807, 2.05) is 48.9 Å². The molecule has 4 heterocycles. The summed E-state index contributed by atoms with van der Waals surface area (Å²) in [7, 11) is 1.56. The first-order valence-electron chi connectivity index (χ1n) is 12.5. The fourth-order valence-corrected chi connectivity index (χ4v) is 4.58. The minimum absolute atomic E-state index is 0.0789. The van der Waals surface area contributed by atoms with Crippen LogP contribution >= 0.6 is 23.4 Å². The summed E-state index contributed by atoms with van der Waals surface area (Å²) in [5.41, 5.74) is 5.13. The Labute approximate surface area is 237 Å². The minimum Gasteiger partial charge on any atom is -0.493 e. The molecule has 0 radical (unpaired) electrons. The van der Waals surface area contributed by atoms with Gasteiger partial charge in [0.2, 0.25) is 0 Å². The van der Waals surface area contributed by atoms with Crippen LogP contribution in [0.3, 0.4) is 0 Å². The first kappa shape index (κ1) is 28.3.